The molecule has 0 radical (unpaired) electrons. The summed E-state index contributed by atoms with van der Waals surface area (Å²) in [5.41, 5.74) is 1.38. The Labute approximate surface area is 241 Å². The van der Waals surface area contributed by atoms with Crippen molar-refractivity contribution in [3.8, 4) is 12.3 Å². The fourth-order valence-electron chi connectivity index (χ4n) is 1.76. The molecule has 0 aromatic carbocycles. The maximum atomic E-state index is 10.6. The van der Waals surface area contributed by atoms with E-state index in [0.717, 1.165) is 26.1 Å². The number of nitrogens with one attached hydrogen (secondary N) is 2. The average molecular weight is 535 g/mol. The van der Waals surface area contributed by atoms with Gasteiger partial charge in [-0.15, -0.1) is 38.7 Å². The van der Waals surface area contributed by atoms with E-state index in [2.05, 4.69) is 120 Å². The Bertz CT molecular complexity index is 515. The molecule has 0 heterocycles. The van der Waals surface area contributed by atoms with Crippen molar-refractivity contribution in [1.29, 1.82) is 0 Å². The topological polar surface area (TPSA) is 24.1 Å². The van der Waals surface area contributed by atoms with Crippen LogP contribution in [0.25, 0.3) is 0 Å². The van der Waals surface area contributed by atoms with E-state index in [4.69, 9.17) is 0 Å². The number of rotatable bonds is 9. The Morgan fingerprint density at radius 1 is 1.00 bits per heavy atom. The average Bonchev–Trinajstić information content (AvgIpc) is 2.95. The van der Waals surface area contributed by atoms with Crippen molar-refractivity contribution < 1.29 is 4.39 Å². The van der Waals surface area contributed by atoms with Gasteiger partial charge in [0.1, 0.15) is 6.67 Å². The van der Waals surface area contributed by atoms with Gasteiger partial charge in [-0.2, -0.15) is 0 Å². The second kappa shape index (κ2) is 76.5. The van der Waals surface area contributed by atoms with Crippen molar-refractivity contribution in [1.82, 2.24) is 10.6 Å². The van der Waals surface area contributed by atoms with Crippen LogP contribution in [-0.2, 0) is 0 Å². The Hall–Kier alpha value is -2.41. The highest BCUT2D eigenvalue weighted by Gasteiger charge is 1.89. The molecule has 1 rings (SSSR count). The number of terminal acetylenes is 1. The molecule has 0 spiro atoms. The summed E-state index contributed by atoms with van der Waals surface area (Å²) >= 11 is 0. The van der Waals surface area contributed by atoms with Gasteiger partial charge >= 0.3 is 0 Å². The number of unbranched alkanes of at least 4 members (excludes halogenated alkanes) is 3. The number of allylic oxidation sites excluding steroid dienone is 10. The van der Waals surface area contributed by atoms with Gasteiger partial charge in [-0.05, 0) is 46.4 Å². The molecule has 0 aromatic heterocycles. The first-order valence-electron chi connectivity index (χ1n) is 14.0. The molecule has 0 atom stereocenters. The van der Waals surface area contributed by atoms with Gasteiger partial charge in [0.15, 0.2) is 0 Å². The first-order chi connectivity index (χ1) is 18.4. The molecule has 1 aliphatic rings. The Morgan fingerprint density at radius 3 is 1.71 bits per heavy atom. The van der Waals surface area contributed by atoms with Crippen LogP contribution in [0.2, 0.25) is 0 Å². The minimum absolute atomic E-state index is 0.417. The van der Waals surface area contributed by atoms with Gasteiger partial charge in [0.25, 0.3) is 0 Å². The van der Waals surface area contributed by atoms with Crippen molar-refractivity contribution in [2.75, 3.05) is 33.4 Å². The highest BCUT2D eigenvalue weighted by Crippen LogP contribution is 2.09. The highest BCUT2D eigenvalue weighted by molar-refractivity contribution is 5.31. The minimum atomic E-state index is -0.417. The molecule has 0 bridgehead atoms. The van der Waals surface area contributed by atoms with Crippen LogP contribution in [0.1, 0.15) is 93.9 Å². The van der Waals surface area contributed by atoms with E-state index >= 15 is 0 Å². The van der Waals surface area contributed by atoms with Crippen LogP contribution in [-0.4, -0.2) is 33.4 Å². The third-order valence-corrected chi connectivity index (χ3v) is 3.28. The molecule has 0 aliphatic heterocycles. The monoisotopic (exact) mass is 535 g/mol. The van der Waals surface area contributed by atoms with Crippen molar-refractivity contribution in [2.45, 2.75) is 93.9 Å². The van der Waals surface area contributed by atoms with Gasteiger partial charge in [-0.1, -0.05) is 121 Å². The molecule has 3 heteroatoms. The van der Waals surface area contributed by atoms with E-state index in [-0.39, 0.29) is 0 Å². The summed E-state index contributed by atoms with van der Waals surface area (Å²) in [4.78, 5) is 0. The van der Waals surface area contributed by atoms with Crippen LogP contribution in [0.3, 0.4) is 0 Å². The zero-order valence-electron chi connectivity index (χ0n) is 27.1. The van der Waals surface area contributed by atoms with E-state index in [1.54, 1.807) is 13.0 Å². The summed E-state index contributed by atoms with van der Waals surface area (Å²) in [6.07, 6.45) is 30.1. The van der Waals surface area contributed by atoms with E-state index in [1.807, 2.05) is 27.0 Å². The van der Waals surface area contributed by atoms with Crippen LogP contribution >= 0.6 is 0 Å². The second-order valence-corrected chi connectivity index (χ2v) is 7.27. The summed E-state index contributed by atoms with van der Waals surface area (Å²) in [5, 5.41) is 6.23. The molecule has 0 unspecified atom stereocenters. The van der Waals surface area contributed by atoms with Gasteiger partial charge in [0, 0.05) is 13.1 Å². The van der Waals surface area contributed by atoms with Gasteiger partial charge in [-0.3, -0.25) is 0 Å². The maximum Gasteiger partial charge on any atom is 0.107 e. The normalized spacial score (nSPS) is 10.5. The van der Waals surface area contributed by atoms with E-state index in [1.165, 1.54) is 43.8 Å². The molecular formula is C35H67FN2. The quantitative estimate of drug-likeness (QED) is 0.175. The summed E-state index contributed by atoms with van der Waals surface area (Å²) in [6.45, 7) is 31.6. The molecule has 224 valence electrons. The number of halogens is 1. The molecule has 0 saturated heterocycles. The molecular weight excluding hydrogens is 467 g/mol. The zero-order chi connectivity index (χ0) is 31.1. The number of alkyl halides is 1. The number of hydrogen-bond acceptors (Lipinski definition) is 2. The van der Waals surface area contributed by atoms with Crippen LogP contribution in [0.5, 0.6) is 0 Å². The fraction of sp³-hybridized carbons (Fsp3) is 0.543. The molecule has 2 nitrogen and oxygen atoms in total. The first-order valence-corrected chi connectivity index (χ1v) is 14.0. The van der Waals surface area contributed by atoms with Crippen LogP contribution in [0.15, 0.2) is 86.6 Å². The lowest BCUT2D eigenvalue weighted by Crippen LogP contribution is -2.24. The van der Waals surface area contributed by atoms with Gasteiger partial charge in [-0.25, -0.2) is 4.39 Å². The SMILES string of the molecule is C#CC.C/C=C\C=C1\C=CC=CC1.C=C.C=CC.C=CCF.CCC.CCCCCC.CCNCCNC. The van der Waals surface area contributed by atoms with E-state index in [9.17, 15) is 4.39 Å². The van der Waals surface area contributed by atoms with Gasteiger partial charge in [0.2, 0.25) is 0 Å². The number of hydrogen-bond donors (Lipinski definition) is 2. The summed E-state index contributed by atoms with van der Waals surface area (Å²) in [5.74, 6) is 2.25. The smallest absolute Gasteiger partial charge is 0.107 e. The standard InChI is InChI=1S/C10H12.C6H14.C5H14N2.C3H5F.C3H8.C3H6.C3H4.C2H4/c1-2-3-7-10-8-5-4-6-9-10;1-3-5-6-4-2;1-3-7-5-4-6-2;1-2-3-4;3*1-3-2;1-2/h2-8H,9H2,1H3;3-6H2,1-2H3;6-7H,3-5H2,1-2H3;2H,1,3H2;3H2,1-2H3;3H,1H2,2H3;1H,2H3;1-2H2/b3-2-,10-7-;;;;;;;. The zero-order valence-corrected chi connectivity index (χ0v) is 27.1. The molecule has 0 fully saturated rings. The van der Waals surface area contributed by atoms with Crippen molar-refractivity contribution in [3.63, 3.8) is 0 Å². The van der Waals surface area contributed by atoms with Crippen molar-refractivity contribution >= 4 is 0 Å². The van der Waals surface area contributed by atoms with Crippen LogP contribution in [0, 0.1) is 12.3 Å². The van der Waals surface area contributed by atoms with E-state index < -0.39 is 6.67 Å². The maximum absolute atomic E-state index is 10.6. The molecule has 38 heavy (non-hydrogen) atoms. The third-order valence-electron chi connectivity index (χ3n) is 3.28. The molecule has 0 saturated carbocycles. The van der Waals surface area contributed by atoms with Crippen LogP contribution in [0.4, 0.5) is 4.39 Å². The first kappa shape index (κ1) is 52.1. The minimum Gasteiger partial charge on any atom is -0.318 e. The lowest BCUT2D eigenvalue weighted by molar-refractivity contribution is 0.562. The Balaban J connectivity index is -0.0000000617. The predicted octanol–water partition coefficient (Wildman–Crippen LogP) is 10.6. The molecule has 0 aromatic rings. The largest absolute Gasteiger partial charge is 0.318 e. The van der Waals surface area contributed by atoms with Crippen LogP contribution < -0.4 is 10.6 Å². The summed E-state index contributed by atoms with van der Waals surface area (Å²) in [7, 11) is 1.96. The third kappa shape index (κ3) is 115. The van der Waals surface area contributed by atoms with E-state index in [0.29, 0.717) is 0 Å². The van der Waals surface area contributed by atoms with Gasteiger partial charge in [0.05, 0.1) is 0 Å². The predicted molar refractivity (Wildman–Crippen MR) is 182 cm³/mol. The second-order valence-electron chi connectivity index (χ2n) is 7.27. The Morgan fingerprint density at radius 2 is 1.45 bits per heavy atom. The summed E-state index contributed by atoms with van der Waals surface area (Å²) < 4.78 is 10.6. The van der Waals surface area contributed by atoms with Gasteiger partial charge < -0.3 is 10.6 Å². The fourth-order valence-corrected chi connectivity index (χ4v) is 1.76. The summed E-state index contributed by atoms with van der Waals surface area (Å²) in [6, 6.07) is 0. The molecule has 1 aliphatic carbocycles. The lowest BCUT2D eigenvalue weighted by Gasteiger charge is -1.98. The molecule has 0 amide bonds. The Kier molecular flexibility index (Phi) is 105. The van der Waals surface area contributed by atoms with Crippen molar-refractivity contribution in [2.24, 2.45) is 0 Å². The van der Waals surface area contributed by atoms with Crippen molar-refractivity contribution in [3.05, 3.63) is 86.6 Å². The highest BCUT2D eigenvalue weighted by atomic mass is 19.1. The lowest BCUT2D eigenvalue weighted by atomic mass is 10.1. The number of likely N-dealkylation sites (N-methyl/N-ethyl adjacent to an activating group) is 2. The molecule has 2 N–H and O–H groups in total.